The number of benzene rings is 2. The van der Waals surface area contributed by atoms with Gasteiger partial charge in [0.2, 0.25) is 5.91 Å². The number of anilines is 1. The van der Waals surface area contributed by atoms with Gasteiger partial charge in [-0.05, 0) is 35.8 Å². The number of nitrogens with one attached hydrogen (secondary N) is 1. The topological polar surface area (TPSA) is 77.1 Å². The van der Waals surface area contributed by atoms with Gasteiger partial charge in [0.05, 0.1) is 32.1 Å². The summed E-state index contributed by atoms with van der Waals surface area (Å²) in [6.45, 7) is 0.491. The summed E-state index contributed by atoms with van der Waals surface area (Å²) in [6.07, 6.45) is 3.01. The molecule has 1 unspecified atom stereocenters. The lowest BCUT2D eigenvalue weighted by Gasteiger charge is -2.18. The number of nitrogens with zero attached hydrogens (tertiary/aromatic N) is 1. The molecule has 0 aliphatic carbocycles. The average Bonchev–Trinajstić information content (AvgIpc) is 3.21. The van der Waals surface area contributed by atoms with Gasteiger partial charge in [-0.1, -0.05) is 28.1 Å². The van der Waals surface area contributed by atoms with Crippen LogP contribution < -0.4 is 19.5 Å². The van der Waals surface area contributed by atoms with Gasteiger partial charge in [-0.2, -0.15) is 0 Å². The van der Waals surface area contributed by atoms with Crippen LogP contribution >= 0.6 is 15.9 Å². The molecule has 2 aliphatic heterocycles. The number of fused-ring (bicyclic) bond motifs is 2. The summed E-state index contributed by atoms with van der Waals surface area (Å²) in [5.41, 5.74) is 2.66. The van der Waals surface area contributed by atoms with Gasteiger partial charge in [-0.25, -0.2) is 0 Å². The minimum atomic E-state index is -0.610. The second-order valence-electron chi connectivity index (χ2n) is 7.24. The highest BCUT2D eigenvalue weighted by Gasteiger charge is 2.39. The number of carbonyl (C=O) groups is 2. The molecule has 0 spiro atoms. The van der Waals surface area contributed by atoms with Gasteiger partial charge in [0.25, 0.3) is 5.91 Å². The van der Waals surface area contributed by atoms with Crippen LogP contribution in [0.2, 0.25) is 0 Å². The van der Waals surface area contributed by atoms with Crippen LogP contribution in [-0.4, -0.2) is 48.9 Å². The van der Waals surface area contributed by atoms with E-state index in [0.717, 1.165) is 28.6 Å². The summed E-state index contributed by atoms with van der Waals surface area (Å²) in [4.78, 5) is 27.8. The van der Waals surface area contributed by atoms with Crippen LogP contribution in [0, 0.1) is 0 Å². The van der Waals surface area contributed by atoms with Gasteiger partial charge in [-0.3, -0.25) is 9.59 Å². The molecule has 0 bridgehead atoms. The summed E-state index contributed by atoms with van der Waals surface area (Å²) < 4.78 is 16.4. The Morgan fingerprint density at radius 1 is 1.10 bits per heavy atom. The Morgan fingerprint density at radius 3 is 2.55 bits per heavy atom. The molecule has 1 atom stereocenters. The molecule has 2 aromatic rings. The third-order valence-corrected chi connectivity index (χ3v) is 5.93. The van der Waals surface area contributed by atoms with Crippen molar-refractivity contribution >= 4 is 39.0 Å². The molecule has 2 aromatic carbocycles. The molecular formula is C23H23BrN2O5. The normalized spacial score (nSPS) is 17.3. The highest BCUT2D eigenvalue weighted by atomic mass is 79.9. The van der Waals surface area contributed by atoms with Crippen LogP contribution in [0.25, 0.3) is 5.57 Å². The second kappa shape index (κ2) is 9.01. The van der Waals surface area contributed by atoms with Gasteiger partial charge in [0, 0.05) is 24.0 Å². The number of carbonyl (C=O) groups excluding carboxylic acids is 2. The molecule has 2 aliphatic rings. The summed E-state index contributed by atoms with van der Waals surface area (Å²) >= 11 is 3.37. The fraction of sp³-hybridized carbons (Fsp3) is 0.304. The molecule has 1 N–H and O–H groups in total. The number of methoxy groups -OCH3 is 2. The number of alkyl halides is 1. The molecule has 4 rings (SSSR count). The molecule has 2 amide bonds. The van der Waals surface area contributed by atoms with Crippen molar-refractivity contribution < 1.29 is 23.8 Å². The number of rotatable bonds is 7. The SMILES string of the molecule is COc1ccc(C2=CN3C(=O)c4cc(OC)c(OCCCBr)cc4NC(=O)C3C2)cc1. The smallest absolute Gasteiger partial charge is 0.260 e. The van der Waals surface area contributed by atoms with E-state index in [0.29, 0.717) is 35.8 Å². The van der Waals surface area contributed by atoms with Crippen LogP contribution in [0.4, 0.5) is 5.69 Å². The quantitative estimate of drug-likeness (QED) is 0.471. The van der Waals surface area contributed by atoms with Crippen LogP contribution in [0.3, 0.4) is 0 Å². The predicted octanol–water partition coefficient (Wildman–Crippen LogP) is 4.08. The van der Waals surface area contributed by atoms with E-state index < -0.39 is 6.04 Å². The summed E-state index contributed by atoms with van der Waals surface area (Å²) in [5.74, 6) is 1.20. The molecule has 7 nitrogen and oxygen atoms in total. The molecule has 0 aromatic heterocycles. The van der Waals surface area contributed by atoms with E-state index in [1.807, 2.05) is 24.3 Å². The summed E-state index contributed by atoms with van der Waals surface area (Å²) in [6, 6.07) is 10.2. The van der Waals surface area contributed by atoms with Gasteiger partial charge < -0.3 is 24.4 Å². The monoisotopic (exact) mass is 486 g/mol. The van der Waals surface area contributed by atoms with Crippen molar-refractivity contribution in [3.8, 4) is 17.2 Å². The number of halogens is 1. The molecule has 0 fully saturated rings. The molecule has 162 valence electrons. The highest BCUT2D eigenvalue weighted by molar-refractivity contribution is 9.09. The number of amides is 2. The van der Waals surface area contributed by atoms with E-state index in [4.69, 9.17) is 14.2 Å². The van der Waals surface area contributed by atoms with E-state index in [1.54, 1.807) is 25.4 Å². The standard InChI is InChI=1S/C23H23BrN2O5/c1-29-16-6-4-14(5-7-16)15-10-19-22(27)25-18-12-21(31-9-3-8-24)20(30-2)11-17(18)23(28)26(19)13-15/h4-7,11-13,19H,3,8-10H2,1-2H3,(H,25,27). The number of hydrogen-bond donors (Lipinski definition) is 1. The van der Waals surface area contributed by atoms with Gasteiger partial charge in [0.15, 0.2) is 11.5 Å². The Balaban J connectivity index is 1.67. The first-order valence-electron chi connectivity index (χ1n) is 9.95. The highest BCUT2D eigenvalue weighted by Crippen LogP contribution is 2.39. The molecular weight excluding hydrogens is 464 g/mol. The third kappa shape index (κ3) is 4.12. The van der Waals surface area contributed by atoms with Crippen molar-refractivity contribution in [3.05, 3.63) is 53.7 Å². The second-order valence-corrected chi connectivity index (χ2v) is 8.04. The lowest BCUT2D eigenvalue weighted by molar-refractivity contribution is -0.119. The van der Waals surface area contributed by atoms with Crippen molar-refractivity contribution in [1.82, 2.24) is 4.90 Å². The molecule has 0 saturated heterocycles. The maximum atomic E-state index is 13.3. The molecule has 2 heterocycles. The summed E-state index contributed by atoms with van der Waals surface area (Å²) in [5, 5.41) is 3.71. The molecule has 31 heavy (non-hydrogen) atoms. The van der Waals surface area contributed by atoms with E-state index >= 15 is 0 Å². The molecule has 0 saturated carbocycles. The Bertz CT molecular complexity index is 1040. The number of ether oxygens (including phenoxy) is 3. The lowest BCUT2D eigenvalue weighted by atomic mass is 10.0. The van der Waals surface area contributed by atoms with Gasteiger partial charge in [-0.15, -0.1) is 0 Å². The van der Waals surface area contributed by atoms with Crippen molar-refractivity contribution in [3.63, 3.8) is 0 Å². The maximum absolute atomic E-state index is 13.3. The first kappa shape index (κ1) is 21.2. The van der Waals surface area contributed by atoms with E-state index in [-0.39, 0.29) is 11.8 Å². The molecule has 8 heteroatoms. The van der Waals surface area contributed by atoms with E-state index in [2.05, 4.69) is 21.2 Å². The fourth-order valence-electron chi connectivity index (χ4n) is 3.74. The Hall–Kier alpha value is -3.00. The zero-order chi connectivity index (χ0) is 22.0. The van der Waals surface area contributed by atoms with Crippen molar-refractivity contribution in [2.45, 2.75) is 18.9 Å². The Labute approximate surface area is 189 Å². The van der Waals surface area contributed by atoms with Crippen LogP contribution in [-0.2, 0) is 4.79 Å². The first-order chi connectivity index (χ1) is 15.0. The largest absolute Gasteiger partial charge is 0.497 e. The van der Waals surface area contributed by atoms with Crippen molar-refractivity contribution in [2.24, 2.45) is 0 Å². The van der Waals surface area contributed by atoms with Gasteiger partial charge >= 0.3 is 0 Å². The van der Waals surface area contributed by atoms with E-state index in [1.165, 1.54) is 12.0 Å². The minimum Gasteiger partial charge on any atom is -0.497 e. The molecule has 0 radical (unpaired) electrons. The summed E-state index contributed by atoms with van der Waals surface area (Å²) in [7, 11) is 3.14. The maximum Gasteiger partial charge on any atom is 0.260 e. The average molecular weight is 487 g/mol. The van der Waals surface area contributed by atoms with Crippen molar-refractivity contribution in [2.75, 3.05) is 31.5 Å². The Kier molecular flexibility index (Phi) is 6.18. The lowest BCUT2D eigenvalue weighted by Crippen LogP contribution is -2.38. The van der Waals surface area contributed by atoms with Crippen LogP contribution in [0.15, 0.2) is 42.6 Å². The zero-order valence-corrected chi connectivity index (χ0v) is 18.9. The third-order valence-electron chi connectivity index (χ3n) is 5.37. The fourth-order valence-corrected chi connectivity index (χ4v) is 3.97. The van der Waals surface area contributed by atoms with Gasteiger partial charge in [0.1, 0.15) is 11.8 Å². The predicted molar refractivity (Wildman–Crippen MR) is 121 cm³/mol. The van der Waals surface area contributed by atoms with Crippen LogP contribution in [0.5, 0.6) is 17.2 Å². The zero-order valence-electron chi connectivity index (χ0n) is 17.3. The Morgan fingerprint density at radius 2 is 1.87 bits per heavy atom. The first-order valence-corrected chi connectivity index (χ1v) is 11.1. The minimum absolute atomic E-state index is 0.233. The number of hydrogen-bond acceptors (Lipinski definition) is 5. The van der Waals surface area contributed by atoms with Crippen LogP contribution in [0.1, 0.15) is 28.8 Å². The van der Waals surface area contributed by atoms with E-state index in [9.17, 15) is 9.59 Å². The van der Waals surface area contributed by atoms with Crippen molar-refractivity contribution in [1.29, 1.82) is 0 Å².